The van der Waals surface area contributed by atoms with E-state index in [0.29, 0.717) is 79.4 Å². The SMILES string of the molecule is C[C@@H](N)c1nc2ccccc2c(=O)n1-c1ccc(F)cc1.C[C@@H](NCc1ncc[nH]1)c1nc2ccccc2c(=O)n1-c1ccc(F)cc1.C[C@H](c1nc2ccccc2c(=O)n1-c1ccc(F)cc1)N(Cc1ncc[nH]1)C(=O)Cc1ccc(C(F)(F)F)cc1.Cl. The second kappa shape index (κ2) is 27.6. The third-order valence-electron chi connectivity index (χ3n) is 14.3. The summed E-state index contributed by atoms with van der Waals surface area (Å²) < 4.78 is 83.5. The first kappa shape index (κ1) is 63.2. The van der Waals surface area contributed by atoms with E-state index in [1.165, 1.54) is 85.5 Å². The van der Waals surface area contributed by atoms with Crippen LogP contribution >= 0.6 is 12.4 Å². The number of halogens is 7. The highest BCUT2D eigenvalue weighted by Crippen LogP contribution is 2.30. The molecule has 0 aliphatic carbocycles. The summed E-state index contributed by atoms with van der Waals surface area (Å²) in [6.45, 7) is 5.90. The maximum atomic E-state index is 13.7. The minimum absolute atomic E-state index is 0. The average Bonchev–Trinajstić information content (AvgIpc) is 1.81. The van der Waals surface area contributed by atoms with Crippen LogP contribution in [0.2, 0.25) is 0 Å². The highest BCUT2D eigenvalue weighted by Gasteiger charge is 2.31. The molecular weight excluding hydrogens is 1180 g/mol. The molecule has 454 valence electrons. The topological polar surface area (TPSA) is 220 Å². The fraction of sp³-hybridized carbons (Fsp3) is 0.154. The number of benzene rings is 7. The summed E-state index contributed by atoms with van der Waals surface area (Å²) >= 11 is 0. The number of nitrogens with two attached hydrogens (primary N) is 1. The van der Waals surface area contributed by atoms with Gasteiger partial charge in [0.25, 0.3) is 16.7 Å². The van der Waals surface area contributed by atoms with E-state index in [9.17, 15) is 45.5 Å². The van der Waals surface area contributed by atoms with Crippen molar-refractivity contribution in [3.63, 3.8) is 0 Å². The van der Waals surface area contributed by atoms with Crippen LogP contribution in [0.5, 0.6) is 0 Å². The van der Waals surface area contributed by atoms with Gasteiger partial charge in [-0.05, 0) is 148 Å². The van der Waals surface area contributed by atoms with Gasteiger partial charge in [0.2, 0.25) is 5.91 Å². The van der Waals surface area contributed by atoms with Crippen molar-refractivity contribution in [2.45, 2.75) is 64.6 Å². The summed E-state index contributed by atoms with van der Waals surface area (Å²) in [6.07, 6.45) is 1.88. The first-order valence-electron chi connectivity index (χ1n) is 27.6. The molecule has 0 saturated carbocycles. The lowest BCUT2D eigenvalue weighted by Crippen LogP contribution is -2.38. The number of carbonyl (C=O) groups is 1. The van der Waals surface area contributed by atoms with E-state index in [1.807, 2.05) is 25.1 Å². The minimum atomic E-state index is -4.49. The van der Waals surface area contributed by atoms with Crippen molar-refractivity contribution in [1.82, 2.24) is 58.8 Å². The molecule has 0 saturated heterocycles. The average molecular weight is 1230 g/mol. The summed E-state index contributed by atoms with van der Waals surface area (Å²) in [6, 6.07) is 40.9. The van der Waals surface area contributed by atoms with Crippen LogP contribution in [0.15, 0.2) is 209 Å². The number of aromatic nitrogens is 10. The Morgan fingerprint density at radius 3 is 1.36 bits per heavy atom. The van der Waals surface area contributed by atoms with Gasteiger partial charge in [-0.3, -0.25) is 32.9 Å². The highest BCUT2D eigenvalue weighted by atomic mass is 35.5. The maximum absolute atomic E-state index is 13.7. The zero-order chi connectivity index (χ0) is 62.2. The fourth-order valence-electron chi connectivity index (χ4n) is 9.79. The number of para-hydroxylation sites is 3. The van der Waals surface area contributed by atoms with E-state index in [4.69, 9.17) is 15.7 Å². The Morgan fingerprint density at radius 1 is 0.551 bits per heavy atom. The molecular formula is C65H56ClF6N13O4. The van der Waals surface area contributed by atoms with Gasteiger partial charge in [0.05, 0.1) is 93.0 Å². The maximum Gasteiger partial charge on any atom is 0.416 e. The second-order valence-corrected chi connectivity index (χ2v) is 20.3. The van der Waals surface area contributed by atoms with Gasteiger partial charge in [0.1, 0.15) is 46.6 Å². The number of H-pyrrole nitrogens is 2. The van der Waals surface area contributed by atoms with Crippen LogP contribution in [0.4, 0.5) is 26.3 Å². The first-order chi connectivity index (χ1) is 42.3. The van der Waals surface area contributed by atoms with Crippen LogP contribution in [0.1, 0.15) is 79.1 Å². The highest BCUT2D eigenvalue weighted by molar-refractivity contribution is 5.85. The summed E-state index contributed by atoms with van der Waals surface area (Å²) in [5, 5.41) is 4.69. The van der Waals surface area contributed by atoms with Crippen molar-refractivity contribution in [2.24, 2.45) is 5.73 Å². The molecule has 3 atom stereocenters. The standard InChI is InChI=1S/C29H23F4N5O2.C20H18FN5O.C16H14FN3O.ClH/c1-18(27-36-24-5-3-2-4-23(24)28(40)38(27)22-12-10-21(30)11-13-22)37(17-25-34-14-15-35-25)26(39)16-19-6-8-20(9-7-19)29(31,32)33;1-13(24-12-18-22-10-11-23-18)19-25-17-5-3-2-4-16(17)20(27)26(19)15-8-6-14(21)7-9-15;1-10(18)15-19-14-5-3-2-4-13(14)16(21)20(15)12-8-6-11(17)7-9-12;/h2-15,18H,16-17H2,1H3,(H,34,35);2-11,13,24H,12H2,1H3,(H,22,23);2-10H,18H2,1H3;1H/t18-;13-;10-;/m111./s1. The van der Waals surface area contributed by atoms with Crippen LogP contribution in [-0.2, 0) is 30.5 Å². The lowest BCUT2D eigenvalue weighted by molar-refractivity contribution is -0.137. The minimum Gasteiger partial charge on any atom is -0.348 e. The molecule has 24 heteroatoms. The van der Waals surface area contributed by atoms with Gasteiger partial charge in [0, 0.05) is 24.8 Å². The Morgan fingerprint density at radius 2 is 0.944 bits per heavy atom. The summed E-state index contributed by atoms with van der Waals surface area (Å²) in [5.74, 6) is 0.865. The first-order valence-corrected chi connectivity index (χ1v) is 27.6. The third kappa shape index (κ3) is 14.4. The second-order valence-electron chi connectivity index (χ2n) is 20.3. The molecule has 5 heterocycles. The Bertz CT molecular complexity index is 4590. The molecule has 12 aromatic rings. The van der Waals surface area contributed by atoms with Crippen molar-refractivity contribution in [1.29, 1.82) is 0 Å². The Balaban J connectivity index is 0.000000167. The Hall–Kier alpha value is -10.4. The molecule has 0 radical (unpaired) electrons. The van der Waals surface area contributed by atoms with Gasteiger partial charge in [-0.1, -0.05) is 48.5 Å². The van der Waals surface area contributed by atoms with Crippen molar-refractivity contribution >= 4 is 51.0 Å². The fourth-order valence-corrected chi connectivity index (χ4v) is 9.79. The van der Waals surface area contributed by atoms with E-state index >= 15 is 0 Å². The molecule has 89 heavy (non-hydrogen) atoms. The monoisotopic (exact) mass is 1230 g/mol. The number of hydrogen-bond donors (Lipinski definition) is 4. The summed E-state index contributed by atoms with van der Waals surface area (Å²) in [4.78, 5) is 83.0. The van der Waals surface area contributed by atoms with E-state index < -0.39 is 41.1 Å². The third-order valence-corrected chi connectivity index (χ3v) is 14.3. The quantitative estimate of drug-likeness (QED) is 0.0750. The Kier molecular flexibility index (Phi) is 19.6. The predicted octanol–water partition coefficient (Wildman–Crippen LogP) is 11.7. The molecule has 5 N–H and O–H groups in total. The molecule has 0 fully saturated rings. The number of rotatable bonds is 14. The number of amides is 1. The van der Waals surface area contributed by atoms with Crippen molar-refractivity contribution in [3.8, 4) is 17.1 Å². The molecule has 7 aromatic carbocycles. The molecule has 17 nitrogen and oxygen atoms in total. The zero-order valence-electron chi connectivity index (χ0n) is 47.7. The van der Waals surface area contributed by atoms with Crippen LogP contribution < -0.4 is 27.7 Å². The van der Waals surface area contributed by atoms with Crippen LogP contribution in [-0.4, -0.2) is 59.4 Å². The molecule has 0 aliphatic rings. The molecule has 0 aliphatic heterocycles. The molecule has 5 aromatic heterocycles. The molecule has 1 amide bonds. The lowest BCUT2D eigenvalue weighted by Gasteiger charge is -2.30. The van der Waals surface area contributed by atoms with Crippen molar-refractivity contribution in [3.05, 3.63) is 283 Å². The number of imidazole rings is 2. The number of fused-ring (bicyclic) bond motifs is 3. The van der Waals surface area contributed by atoms with E-state index in [2.05, 4.69) is 30.2 Å². The van der Waals surface area contributed by atoms with Crippen LogP contribution in [0.3, 0.4) is 0 Å². The van der Waals surface area contributed by atoms with Gasteiger partial charge in [-0.15, -0.1) is 12.4 Å². The molecule has 0 spiro atoms. The van der Waals surface area contributed by atoms with Crippen LogP contribution in [0, 0.1) is 17.5 Å². The largest absolute Gasteiger partial charge is 0.416 e. The number of hydrogen-bond acceptors (Lipinski definition) is 11. The van der Waals surface area contributed by atoms with Crippen molar-refractivity contribution < 1.29 is 31.1 Å². The van der Waals surface area contributed by atoms with E-state index in [0.717, 1.165) is 18.0 Å². The van der Waals surface area contributed by atoms with E-state index in [-0.39, 0.29) is 60.0 Å². The Labute approximate surface area is 509 Å². The smallest absolute Gasteiger partial charge is 0.348 e. The van der Waals surface area contributed by atoms with Gasteiger partial charge in [-0.2, -0.15) is 13.2 Å². The van der Waals surface area contributed by atoms with Gasteiger partial charge < -0.3 is 25.9 Å². The summed E-state index contributed by atoms with van der Waals surface area (Å²) in [7, 11) is 0. The zero-order valence-corrected chi connectivity index (χ0v) is 48.6. The molecule has 0 bridgehead atoms. The van der Waals surface area contributed by atoms with Gasteiger partial charge >= 0.3 is 6.18 Å². The summed E-state index contributed by atoms with van der Waals surface area (Å²) in [5.41, 5.74) is 7.86. The number of nitrogens with zero attached hydrogens (tertiary/aromatic N) is 9. The number of nitrogens with one attached hydrogen (secondary N) is 3. The van der Waals surface area contributed by atoms with Gasteiger partial charge in [0.15, 0.2) is 0 Å². The normalized spacial score (nSPS) is 12.3. The number of carbonyl (C=O) groups excluding carboxylic acids is 1. The number of aromatic amines is 2. The predicted molar refractivity (Wildman–Crippen MR) is 328 cm³/mol. The van der Waals surface area contributed by atoms with Crippen molar-refractivity contribution in [2.75, 3.05) is 0 Å². The number of alkyl halides is 3. The molecule has 12 rings (SSSR count). The molecule has 0 unspecified atom stereocenters. The lowest BCUT2D eigenvalue weighted by atomic mass is 10.1. The van der Waals surface area contributed by atoms with E-state index in [1.54, 1.807) is 111 Å². The van der Waals surface area contributed by atoms with Crippen LogP contribution in [0.25, 0.3) is 49.8 Å². The van der Waals surface area contributed by atoms with Gasteiger partial charge in [-0.25, -0.2) is 38.1 Å².